The number of carbonyl (C=O) groups is 1. The van der Waals surface area contributed by atoms with Crippen molar-refractivity contribution >= 4 is 11.8 Å². The van der Waals surface area contributed by atoms with Crippen LogP contribution < -0.4 is 5.73 Å². The van der Waals surface area contributed by atoms with Gasteiger partial charge in [0.15, 0.2) is 5.82 Å². The van der Waals surface area contributed by atoms with Crippen molar-refractivity contribution < 1.29 is 13.9 Å². The number of aromatic nitrogens is 3. The van der Waals surface area contributed by atoms with Crippen LogP contribution in [0.4, 0.5) is 10.2 Å². The topological polar surface area (TPSA) is 83.0 Å². The SMILES string of the molecule is CCOC(=O)c1nnn(Cc2ccc(F)cc2)c1N. The zero-order valence-electron chi connectivity index (χ0n) is 10.3. The highest BCUT2D eigenvalue weighted by molar-refractivity contribution is 5.91. The van der Waals surface area contributed by atoms with Crippen LogP contribution in [0.2, 0.25) is 0 Å². The highest BCUT2D eigenvalue weighted by Gasteiger charge is 2.18. The summed E-state index contributed by atoms with van der Waals surface area (Å²) >= 11 is 0. The van der Waals surface area contributed by atoms with Crippen LogP contribution in [-0.2, 0) is 11.3 Å². The molecule has 6 nitrogen and oxygen atoms in total. The molecule has 0 atom stereocenters. The van der Waals surface area contributed by atoms with Crippen molar-refractivity contribution in [3.63, 3.8) is 0 Å². The molecule has 0 amide bonds. The number of benzene rings is 1. The molecule has 1 heterocycles. The van der Waals surface area contributed by atoms with Gasteiger partial charge < -0.3 is 10.5 Å². The zero-order chi connectivity index (χ0) is 13.8. The van der Waals surface area contributed by atoms with Crippen LogP contribution in [0.3, 0.4) is 0 Å². The fourth-order valence-corrected chi connectivity index (χ4v) is 1.54. The average Bonchev–Trinajstić information content (AvgIpc) is 2.74. The number of nitrogen functional groups attached to an aromatic ring is 1. The molecular weight excluding hydrogens is 251 g/mol. The number of anilines is 1. The average molecular weight is 264 g/mol. The van der Waals surface area contributed by atoms with Crippen molar-refractivity contribution in [2.45, 2.75) is 13.5 Å². The van der Waals surface area contributed by atoms with E-state index in [1.807, 2.05) is 0 Å². The molecule has 2 rings (SSSR count). The molecule has 7 heteroatoms. The molecule has 19 heavy (non-hydrogen) atoms. The Kier molecular flexibility index (Phi) is 3.74. The lowest BCUT2D eigenvalue weighted by atomic mass is 10.2. The highest BCUT2D eigenvalue weighted by Crippen LogP contribution is 2.12. The van der Waals surface area contributed by atoms with Gasteiger partial charge in [0.05, 0.1) is 13.2 Å². The number of esters is 1. The van der Waals surface area contributed by atoms with Crippen LogP contribution in [0.5, 0.6) is 0 Å². The van der Waals surface area contributed by atoms with E-state index in [9.17, 15) is 9.18 Å². The number of carbonyl (C=O) groups excluding carboxylic acids is 1. The predicted octanol–water partition coefficient (Wildman–Crippen LogP) is 1.22. The molecule has 0 saturated heterocycles. The molecule has 0 spiro atoms. The van der Waals surface area contributed by atoms with Crippen molar-refractivity contribution in [1.82, 2.24) is 15.0 Å². The first-order chi connectivity index (χ1) is 9.11. The molecule has 2 N–H and O–H groups in total. The largest absolute Gasteiger partial charge is 0.461 e. The summed E-state index contributed by atoms with van der Waals surface area (Å²) < 4.78 is 18.9. The molecule has 0 radical (unpaired) electrons. The van der Waals surface area contributed by atoms with Gasteiger partial charge in [-0.3, -0.25) is 0 Å². The van der Waals surface area contributed by atoms with Gasteiger partial charge in [-0.1, -0.05) is 17.3 Å². The van der Waals surface area contributed by atoms with Gasteiger partial charge in [0.1, 0.15) is 5.82 Å². The summed E-state index contributed by atoms with van der Waals surface area (Å²) in [4.78, 5) is 11.5. The maximum absolute atomic E-state index is 12.8. The number of hydrogen-bond acceptors (Lipinski definition) is 5. The number of nitrogens with zero attached hydrogens (tertiary/aromatic N) is 3. The summed E-state index contributed by atoms with van der Waals surface area (Å²) in [7, 11) is 0. The van der Waals surface area contributed by atoms with Crippen molar-refractivity contribution in [2.24, 2.45) is 0 Å². The van der Waals surface area contributed by atoms with Crippen molar-refractivity contribution in [2.75, 3.05) is 12.3 Å². The van der Waals surface area contributed by atoms with Crippen LogP contribution in [-0.4, -0.2) is 27.6 Å². The van der Waals surface area contributed by atoms with Crippen LogP contribution in [0, 0.1) is 5.82 Å². The maximum atomic E-state index is 12.8. The van der Waals surface area contributed by atoms with E-state index in [0.717, 1.165) is 5.56 Å². The van der Waals surface area contributed by atoms with E-state index in [4.69, 9.17) is 10.5 Å². The number of nitrogens with two attached hydrogens (primary N) is 1. The standard InChI is InChI=1S/C12H13FN4O2/c1-2-19-12(18)10-11(14)17(16-15-10)7-8-3-5-9(13)6-4-8/h3-6H,2,7,14H2,1H3. The summed E-state index contributed by atoms with van der Waals surface area (Å²) in [6, 6.07) is 5.91. The number of hydrogen-bond donors (Lipinski definition) is 1. The van der Waals surface area contributed by atoms with E-state index < -0.39 is 5.97 Å². The second kappa shape index (κ2) is 5.47. The van der Waals surface area contributed by atoms with Gasteiger partial charge >= 0.3 is 5.97 Å². The molecule has 100 valence electrons. The second-order valence-electron chi connectivity index (χ2n) is 3.83. The normalized spacial score (nSPS) is 10.4. The summed E-state index contributed by atoms with van der Waals surface area (Å²) in [6.45, 7) is 2.23. The summed E-state index contributed by atoms with van der Waals surface area (Å²) in [5, 5.41) is 7.47. The molecule has 1 aromatic heterocycles. The lowest BCUT2D eigenvalue weighted by molar-refractivity contribution is 0.0520. The molecule has 0 bridgehead atoms. The predicted molar refractivity (Wildman–Crippen MR) is 65.9 cm³/mol. The minimum absolute atomic E-state index is 0.0102. The Labute approximate surface area is 109 Å². The molecule has 0 aliphatic rings. The fourth-order valence-electron chi connectivity index (χ4n) is 1.54. The summed E-state index contributed by atoms with van der Waals surface area (Å²) in [5.74, 6) is -0.796. The summed E-state index contributed by atoms with van der Waals surface area (Å²) in [5.41, 5.74) is 6.56. The van der Waals surface area contributed by atoms with E-state index in [0.29, 0.717) is 6.54 Å². The van der Waals surface area contributed by atoms with Crippen LogP contribution in [0.25, 0.3) is 0 Å². The second-order valence-corrected chi connectivity index (χ2v) is 3.83. The quantitative estimate of drug-likeness (QED) is 0.839. The number of rotatable bonds is 4. The van der Waals surface area contributed by atoms with E-state index in [2.05, 4.69) is 10.3 Å². The van der Waals surface area contributed by atoms with Gasteiger partial charge in [-0.2, -0.15) is 0 Å². The first-order valence-electron chi connectivity index (χ1n) is 5.72. The highest BCUT2D eigenvalue weighted by atomic mass is 19.1. The van der Waals surface area contributed by atoms with Gasteiger partial charge in [0, 0.05) is 0 Å². The smallest absolute Gasteiger partial charge is 0.362 e. The van der Waals surface area contributed by atoms with Crippen molar-refractivity contribution in [1.29, 1.82) is 0 Å². The van der Waals surface area contributed by atoms with Crippen molar-refractivity contribution in [3.05, 3.63) is 41.3 Å². The molecule has 0 saturated carbocycles. The summed E-state index contributed by atoms with van der Waals surface area (Å²) in [6.07, 6.45) is 0. The molecule has 0 aliphatic heterocycles. The van der Waals surface area contributed by atoms with Gasteiger partial charge in [0.2, 0.25) is 5.69 Å². The Balaban J connectivity index is 2.18. The van der Waals surface area contributed by atoms with E-state index in [1.54, 1.807) is 19.1 Å². The van der Waals surface area contributed by atoms with Crippen LogP contribution in [0.1, 0.15) is 23.0 Å². The molecule has 0 aliphatic carbocycles. The van der Waals surface area contributed by atoms with Crippen molar-refractivity contribution in [3.8, 4) is 0 Å². The minimum atomic E-state index is -0.606. The lowest BCUT2D eigenvalue weighted by Crippen LogP contribution is -2.10. The molecule has 1 aromatic carbocycles. The van der Waals surface area contributed by atoms with Gasteiger partial charge in [-0.15, -0.1) is 5.10 Å². The molecular formula is C12H13FN4O2. The number of halogens is 1. The van der Waals surface area contributed by atoms with Gasteiger partial charge in [0.25, 0.3) is 0 Å². The van der Waals surface area contributed by atoms with E-state index >= 15 is 0 Å². The third-order valence-electron chi connectivity index (χ3n) is 2.49. The molecule has 0 fully saturated rings. The Hall–Kier alpha value is -2.44. The monoisotopic (exact) mass is 264 g/mol. The van der Waals surface area contributed by atoms with E-state index in [-0.39, 0.29) is 23.9 Å². The third kappa shape index (κ3) is 2.87. The van der Waals surface area contributed by atoms with Gasteiger partial charge in [-0.25, -0.2) is 13.9 Å². The third-order valence-corrected chi connectivity index (χ3v) is 2.49. The Morgan fingerprint density at radius 1 is 1.42 bits per heavy atom. The van der Waals surface area contributed by atoms with Gasteiger partial charge in [-0.05, 0) is 24.6 Å². The zero-order valence-corrected chi connectivity index (χ0v) is 10.3. The molecule has 0 unspecified atom stereocenters. The van der Waals surface area contributed by atoms with Crippen LogP contribution >= 0.6 is 0 Å². The van der Waals surface area contributed by atoms with Crippen LogP contribution in [0.15, 0.2) is 24.3 Å². The minimum Gasteiger partial charge on any atom is -0.461 e. The Morgan fingerprint density at radius 3 is 2.74 bits per heavy atom. The van der Waals surface area contributed by atoms with E-state index in [1.165, 1.54) is 16.8 Å². The first kappa shape index (κ1) is 13.0. The maximum Gasteiger partial charge on any atom is 0.362 e. The molecule has 2 aromatic rings. The number of ether oxygens (including phenoxy) is 1. The Morgan fingerprint density at radius 2 is 2.11 bits per heavy atom. The fraction of sp³-hybridized carbons (Fsp3) is 0.250. The first-order valence-corrected chi connectivity index (χ1v) is 5.72. The lowest BCUT2D eigenvalue weighted by Gasteiger charge is -2.03. The Bertz CT molecular complexity index is 580.